The molecule has 11 nitrogen and oxygen atoms in total. The van der Waals surface area contributed by atoms with Gasteiger partial charge >= 0.3 is 0 Å². The molecule has 11 heteroatoms. The molecule has 0 aliphatic heterocycles. The van der Waals surface area contributed by atoms with Crippen LogP contribution in [-0.4, -0.2) is 55.1 Å². The molecule has 0 fully saturated rings. The molecule has 7 heterocycles. The molecule has 0 saturated carbocycles. The third-order valence-corrected chi connectivity index (χ3v) is 13.7. The number of pyridine rings is 3. The topological polar surface area (TPSA) is 142 Å². The van der Waals surface area contributed by atoms with Crippen LogP contribution in [0.15, 0.2) is 104 Å². The van der Waals surface area contributed by atoms with E-state index in [0.29, 0.717) is 82.9 Å². The summed E-state index contributed by atoms with van der Waals surface area (Å²) in [6.07, 6.45) is 14.9. The fourth-order valence-corrected chi connectivity index (χ4v) is 7.32. The second-order valence-corrected chi connectivity index (χ2v) is 26.2. The van der Waals surface area contributed by atoms with Crippen molar-refractivity contribution in [3.63, 3.8) is 0 Å². The quantitative estimate of drug-likeness (QED) is 0.103. The summed E-state index contributed by atoms with van der Waals surface area (Å²) in [5.74, 6) is 8.14. The Morgan fingerprint density at radius 2 is 0.535 bits per heavy atom. The standard InChI is InChI=1S/3C11H17N.4C10H16N2.7C2H6.CH4/c1-8(2)10-5-11(9(3)4)7-12-6-10;1-8(2)10-5-6-12-11(7-10)9(3)4;1-8(2)10-6-5-7-11(12-10)9(3)4;1-7(2)9-5-11-6-10(12-9)8(3)4;1-7(2)9-5-10(8(3)4)12-6-11-9;1-7(2)9-5-10(8(3)4)12-11-6-9;1-7(2)9-5-6-11-10(12-9)8(3)4;7*1-2;/h3*5-9H,1-4H3;4*5-8H,1-4H3;7*1-2H3;1H4. The Balaban J connectivity index is -0.000000157. The molecule has 0 saturated heterocycles. The highest BCUT2D eigenvalue weighted by Crippen LogP contribution is 2.23. The second kappa shape index (κ2) is 67.6. The van der Waals surface area contributed by atoms with Crippen LogP contribution in [0.2, 0.25) is 0 Å². The zero-order valence-corrected chi connectivity index (χ0v) is 71.8. The highest BCUT2D eigenvalue weighted by atomic mass is 15.1. The summed E-state index contributed by atoms with van der Waals surface area (Å²) in [6.45, 7) is 88.5. The number of aromatic nitrogens is 11. The SMILES string of the molecule is C.CC.CC.CC.CC.CC.CC.CC.CC(C)c1cc(C(C)C)ncn1.CC(C)c1cccc(C(C)C)n1.CC(C)c1ccnc(C(C)C)c1.CC(C)c1ccnc(C(C)C)n1.CC(C)c1cncc(C(C)C)c1.CC(C)c1cncc(C(C)C)n1.CC(C)c1cnnc(C(C)C)c1. The van der Waals surface area contributed by atoms with E-state index in [1.54, 1.807) is 6.33 Å². The molecule has 0 N–H and O–H groups in total. The van der Waals surface area contributed by atoms with Crippen molar-refractivity contribution in [1.82, 2.24) is 55.1 Å². The zero-order valence-electron chi connectivity index (χ0n) is 71.8. The van der Waals surface area contributed by atoms with Crippen LogP contribution in [0.1, 0.15) is 460 Å². The molecule has 0 spiro atoms. The van der Waals surface area contributed by atoms with Crippen LogP contribution in [0.3, 0.4) is 0 Å². The summed E-state index contributed by atoms with van der Waals surface area (Å²) in [5, 5.41) is 8.05. The number of hydrogen-bond donors (Lipinski definition) is 0. The van der Waals surface area contributed by atoms with Gasteiger partial charge in [-0.25, -0.2) is 19.9 Å². The van der Waals surface area contributed by atoms with E-state index in [1.165, 1.54) is 39.3 Å². The monoisotopic (exact) mass is 1370 g/mol. The van der Waals surface area contributed by atoms with Gasteiger partial charge in [-0.3, -0.25) is 24.9 Å². The van der Waals surface area contributed by atoms with Gasteiger partial charge < -0.3 is 0 Å². The van der Waals surface area contributed by atoms with Crippen LogP contribution in [0.25, 0.3) is 0 Å². The Morgan fingerprint density at radius 1 is 0.232 bits per heavy atom. The first-order valence-electron chi connectivity index (χ1n) is 38.4. The van der Waals surface area contributed by atoms with Gasteiger partial charge in [-0.15, -0.1) is 0 Å². The van der Waals surface area contributed by atoms with Gasteiger partial charge in [0.15, 0.2) is 0 Å². The van der Waals surface area contributed by atoms with Crippen molar-refractivity contribution in [3.8, 4) is 0 Å². The summed E-state index contributed by atoms with van der Waals surface area (Å²) in [5.41, 5.74) is 15.6. The lowest BCUT2D eigenvalue weighted by Gasteiger charge is -2.09. The minimum absolute atomic E-state index is 0. The van der Waals surface area contributed by atoms with E-state index in [0.717, 1.165) is 40.0 Å². The molecule has 0 aromatic carbocycles. The van der Waals surface area contributed by atoms with E-state index in [9.17, 15) is 0 Å². The van der Waals surface area contributed by atoms with Crippen LogP contribution in [0.5, 0.6) is 0 Å². The third kappa shape index (κ3) is 51.6. The summed E-state index contributed by atoms with van der Waals surface area (Å²) >= 11 is 0. The maximum atomic E-state index is 4.57. The number of rotatable bonds is 14. The first kappa shape index (κ1) is 109. The van der Waals surface area contributed by atoms with Crippen molar-refractivity contribution < 1.29 is 0 Å². The van der Waals surface area contributed by atoms with E-state index < -0.39 is 0 Å². The summed E-state index contributed by atoms with van der Waals surface area (Å²) in [4.78, 5) is 38.9. The van der Waals surface area contributed by atoms with E-state index in [1.807, 2.05) is 146 Å². The van der Waals surface area contributed by atoms with Crippen molar-refractivity contribution in [2.75, 3.05) is 0 Å². The highest BCUT2D eigenvalue weighted by Gasteiger charge is 2.10. The lowest BCUT2D eigenvalue weighted by atomic mass is 9.99. The predicted molar refractivity (Wildman–Crippen MR) is 444 cm³/mol. The van der Waals surface area contributed by atoms with Crippen molar-refractivity contribution in [2.24, 2.45) is 0 Å². The van der Waals surface area contributed by atoms with Crippen molar-refractivity contribution in [1.29, 1.82) is 0 Å². The highest BCUT2D eigenvalue weighted by molar-refractivity contribution is 5.24. The van der Waals surface area contributed by atoms with E-state index in [4.69, 9.17) is 0 Å². The lowest BCUT2D eigenvalue weighted by Crippen LogP contribution is -2.01. The van der Waals surface area contributed by atoms with Gasteiger partial charge in [-0.05, 0) is 142 Å². The van der Waals surface area contributed by atoms with E-state index in [2.05, 4.69) is 297 Å². The Labute approximate surface area is 616 Å². The van der Waals surface area contributed by atoms with Gasteiger partial charge in [0, 0.05) is 77.3 Å². The van der Waals surface area contributed by atoms with Gasteiger partial charge in [0.05, 0.1) is 23.3 Å². The smallest absolute Gasteiger partial charge is 0.131 e. The fourth-order valence-electron chi connectivity index (χ4n) is 7.32. The summed E-state index contributed by atoms with van der Waals surface area (Å²) < 4.78 is 0. The molecule has 568 valence electrons. The molecule has 0 atom stereocenters. The molecule has 0 amide bonds. The predicted octanol–water partition coefficient (Wildman–Crippen LogP) is 28.7. The van der Waals surface area contributed by atoms with Crippen LogP contribution in [-0.2, 0) is 0 Å². The number of nitrogens with zero attached hydrogens (tertiary/aromatic N) is 11. The van der Waals surface area contributed by atoms with E-state index in [-0.39, 0.29) is 7.43 Å². The molecule has 7 rings (SSSR count). The maximum absolute atomic E-state index is 4.57. The molecule has 7 aromatic heterocycles. The van der Waals surface area contributed by atoms with Crippen LogP contribution in [0.4, 0.5) is 0 Å². The molecule has 0 aliphatic carbocycles. The van der Waals surface area contributed by atoms with Crippen LogP contribution >= 0.6 is 0 Å². The average Bonchev–Trinajstić information content (AvgIpc) is 1.19. The molecule has 99 heavy (non-hydrogen) atoms. The normalized spacial score (nSPS) is 9.90. The van der Waals surface area contributed by atoms with Crippen molar-refractivity contribution in [2.45, 2.75) is 381 Å². The largest absolute Gasteiger partial charge is 0.264 e. The molecule has 0 radical (unpaired) electrons. The minimum atomic E-state index is 0. The molecule has 0 bridgehead atoms. The molecule has 7 aromatic rings. The van der Waals surface area contributed by atoms with Gasteiger partial charge in [-0.2, -0.15) is 10.2 Å². The van der Waals surface area contributed by atoms with Crippen LogP contribution in [0, 0.1) is 0 Å². The Bertz CT molecular complexity index is 2150. The zero-order chi connectivity index (χ0) is 78.0. The number of hydrogen-bond acceptors (Lipinski definition) is 11. The Kier molecular flexibility index (Phi) is 74.2. The Hall–Kier alpha value is -6.23. The summed E-state index contributed by atoms with van der Waals surface area (Å²) in [6, 6.07) is 19.0. The first-order chi connectivity index (χ1) is 46.3. The molecular weight excluding hydrogens is 1210 g/mol. The Morgan fingerprint density at radius 3 is 0.879 bits per heavy atom. The average molecular weight is 1370 g/mol. The van der Waals surface area contributed by atoms with E-state index >= 15 is 0 Å². The molecule has 0 unspecified atom stereocenters. The van der Waals surface area contributed by atoms with Gasteiger partial charge in [0.25, 0.3) is 0 Å². The van der Waals surface area contributed by atoms with Gasteiger partial charge in [0.1, 0.15) is 12.2 Å². The lowest BCUT2D eigenvalue weighted by molar-refractivity contribution is 0.729. The molecular formula is C88H161N11. The maximum Gasteiger partial charge on any atom is 0.131 e. The summed E-state index contributed by atoms with van der Waals surface area (Å²) in [7, 11) is 0. The minimum Gasteiger partial charge on any atom is -0.264 e. The molecule has 0 aliphatic rings. The van der Waals surface area contributed by atoms with Gasteiger partial charge in [0.2, 0.25) is 0 Å². The third-order valence-electron chi connectivity index (χ3n) is 13.7. The van der Waals surface area contributed by atoms with Crippen molar-refractivity contribution >= 4 is 0 Å². The van der Waals surface area contributed by atoms with Crippen LogP contribution < -0.4 is 0 Å². The van der Waals surface area contributed by atoms with Crippen molar-refractivity contribution in [3.05, 3.63) is 184 Å². The fraction of sp³-hybridized carbons (Fsp3) is 0.648. The second-order valence-electron chi connectivity index (χ2n) is 26.2. The first-order valence-corrected chi connectivity index (χ1v) is 38.4. The van der Waals surface area contributed by atoms with Gasteiger partial charge in [-0.1, -0.05) is 310 Å².